The number of hydrogen-bond acceptors (Lipinski definition) is 2. The van der Waals surface area contributed by atoms with Gasteiger partial charge in [0, 0.05) is 29.7 Å². The quantitative estimate of drug-likeness (QED) is 0.802. The summed E-state index contributed by atoms with van der Waals surface area (Å²) in [7, 11) is 2.32. The Balaban J connectivity index is 1.54. The van der Waals surface area contributed by atoms with E-state index in [0.29, 0.717) is 0 Å². The lowest BCUT2D eigenvalue weighted by Crippen LogP contribution is -2.30. The smallest absolute Gasteiger partial charge is 0.0108 e. The average molecular weight is 275 g/mol. The maximum Gasteiger partial charge on any atom is 0.0108 e. The van der Waals surface area contributed by atoms with E-state index in [0.717, 1.165) is 11.8 Å². The van der Waals surface area contributed by atoms with Crippen LogP contribution in [0.3, 0.4) is 0 Å². The number of thioether (sulfide) groups is 1. The molecule has 1 aliphatic heterocycles. The fourth-order valence-corrected chi connectivity index (χ4v) is 4.88. The molecule has 0 radical (unpaired) electrons. The van der Waals surface area contributed by atoms with Crippen molar-refractivity contribution in [2.45, 2.75) is 42.9 Å². The molecule has 19 heavy (non-hydrogen) atoms. The molecule has 2 aliphatic rings. The van der Waals surface area contributed by atoms with Crippen molar-refractivity contribution in [2.24, 2.45) is 5.92 Å². The van der Waals surface area contributed by atoms with E-state index in [1.165, 1.54) is 55.8 Å². The van der Waals surface area contributed by atoms with E-state index in [1.54, 1.807) is 5.56 Å². The van der Waals surface area contributed by atoms with E-state index in [2.05, 4.69) is 36.2 Å². The van der Waals surface area contributed by atoms with Gasteiger partial charge in [-0.1, -0.05) is 37.5 Å². The lowest BCUT2D eigenvalue weighted by atomic mass is 9.89. The zero-order valence-electron chi connectivity index (χ0n) is 12.0. The molecule has 1 unspecified atom stereocenters. The number of likely N-dealkylation sites (N-methyl/N-ethyl adjacent to an activating group) is 1. The number of nitrogens with zero attached hydrogens (tertiary/aromatic N) is 1. The zero-order chi connectivity index (χ0) is 13.1. The van der Waals surface area contributed by atoms with Crippen LogP contribution in [0.15, 0.2) is 29.2 Å². The van der Waals surface area contributed by atoms with E-state index in [1.807, 2.05) is 11.8 Å². The van der Waals surface area contributed by atoms with Crippen molar-refractivity contribution >= 4 is 11.8 Å². The summed E-state index contributed by atoms with van der Waals surface area (Å²) >= 11 is 2.04. The van der Waals surface area contributed by atoms with Crippen LogP contribution in [0.1, 0.15) is 43.6 Å². The first kappa shape index (κ1) is 13.5. The summed E-state index contributed by atoms with van der Waals surface area (Å²) in [6.07, 6.45) is 7.30. The molecule has 0 bridgehead atoms. The first-order chi connectivity index (χ1) is 9.33. The largest absolute Gasteiger partial charge is 0.305 e. The van der Waals surface area contributed by atoms with Crippen LogP contribution >= 0.6 is 11.8 Å². The molecule has 0 saturated heterocycles. The van der Waals surface area contributed by atoms with Gasteiger partial charge in [-0.15, -0.1) is 11.8 Å². The van der Waals surface area contributed by atoms with Crippen molar-refractivity contribution in [1.29, 1.82) is 0 Å². The molecule has 0 spiro atoms. The predicted octanol–water partition coefficient (Wildman–Crippen LogP) is 4.39. The lowest BCUT2D eigenvalue weighted by Gasteiger charge is -2.28. The SMILES string of the molecule is CN(CC1CCCCC1)CC1CSc2ccccc21. The Morgan fingerprint density at radius 1 is 1.11 bits per heavy atom. The summed E-state index contributed by atoms with van der Waals surface area (Å²) in [6, 6.07) is 8.97. The van der Waals surface area contributed by atoms with Crippen LogP contribution in [0, 0.1) is 5.92 Å². The highest BCUT2D eigenvalue weighted by Gasteiger charge is 2.24. The number of rotatable bonds is 4. The van der Waals surface area contributed by atoms with Crippen molar-refractivity contribution in [3.05, 3.63) is 29.8 Å². The van der Waals surface area contributed by atoms with Gasteiger partial charge in [0.15, 0.2) is 0 Å². The van der Waals surface area contributed by atoms with Crippen molar-refractivity contribution in [3.8, 4) is 0 Å². The van der Waals surface area contributed by atoms with Crippen LogP contribution in [-0.2, 0) is 0 Å². The molecule has 1 nitrogen and oxygen atoms in total. The van der Waals surface area contributed by atoms with E-state index in [9.17, 15) is 0 Å². The standard InChI is InChI=1S/C17H25NS/c1-18(11-14-7-3-2-4-8-14)12-15-13-19-17-10-6-5-9-16(15)17/h5-6,9-10,14-15H,2-4,7-8,11-13H2,1H3. The predicted molar refractivity (Wildman–Crippen MR) is 84.0 cm³/mol. The second-order valence-electron chi connectivity index (χ2n) is 6.27. The van der Waals surface area contributed by atoms with Gasteiger partial charge in [-0.05, 0) is 37.4 Å². The molecule has 1 aromatic carbocycles. The molecule has 104 valence electrons. The van der Waals surface area contributed by atoms with E-state index >= 15 is 0 Å². The molecule has 1 atom stereocenters. The maximum atomic E-state index is 2.59. The van der Waals surface area contributed by atoms with Crippen molar-refractivity contribution in [1.82, 2.24) is 4.90 Å². The molecule has 0 aromatic heterocycles. The topological polar surface area (TPSA) is 3.24 Å². The third-order valence-corrected chi connectivity index (χ3v) is 5.88. The van der Waals surface area contributed by atoms with Crippen molar-refractivity contribution in [3.63, 3.8) is 0 Å². The minimum atomic E-state index is 0.745. The molecule has 0 N–H and O–H groups in total. The summed E-state index contributed by atoms with van der Waals surface area (Å²) < 4.78 is 0. The minimum absolute atomic E-state index is 0.745. The second-order valence-corrected chi connectivity index (χ2v) is 7.33. The first-order valence-electron chi connectivity index (χ1n) is 7.73. The van der Waals surface area contributed by atoms with Crippen LogP contribution in [0.4, 0.5) is 0 Å². The molecular weight excluding hydrogens is 250 g/mol. The fourth-order valence-electron chi connectivity index (χ4n) is 3.64. The first-order valence-corrected chi connectivity index (χ1v) is 8.72. The highest BCUT2D eigenvalue weighted by molar-refractivity contribution is 7.99. The molecule has 1 aliphatic carbocycles. The van der Waals surface area contributed by atoms with E-state index in [-0.39, 0.29) is 0 Å². The molecule has 0 amide bonds. The van der Waals surface area contributed by atoms with Gasteiger partial charge in [0.25, 0.3) is 0 Å². The average Bonchev–Trinajstić information content (AvgIpc) is 2.83. The summed E-state index contributed by atoms with van der Waals surface area (Å²) in [4.78, 5) is 4.10. The van der Waals surface area contributed by atoms with Gasteiger partial charge in [-0.3, -0.25) is 0 Å². The second kappa shape index (κ2) is 6.32. The third kappa shape index (κ3) is 3.35. The molecular formula is C17H25NS. The molecule has 3 rings (SSSR count). The maximum absolute atomic E-state index is 2.59. The van der Waals surface area contributed by atoms with Crippen LogP contribution in [0.5, 0.6) is 0 Å². The van der Waals surface area contributed by atoms with Gasteiger partial charge >= 0.3 is 0 Å². The van der Waals surface area contributed by atoms with Gasteiger partial charge < -0.3 is 4.90 Å². The van der Waals surface area contributed by atoms with Crippen LogP contribution < -0.4 is 0 Å². The van der Waals surface area contributed by atoms with Gasteiger partial charge in [-0.25, -0.2) is 0 Å². The fraction of sp³-hybridized carbons (Fsp3) is 0.647. The summed E-state index contributed by atoms with van der Waals surface area (Å²) in [5.41, 5.74) is 1.59. The normalized spacial score (nSPS) is 23.8. The Hall–Kier alpha value is -0.470. The Bertz CT molecular complexity index is 411. The third-order valence-electron chi connectivity index (χ3n) is 4.63. The molecule has 1 aromatic rings. The monoisotopic (exact) mass is 275 g/mol. The Morgan fingerprint density at radius 2 is 1.89 bits per heavy atom. The van der Waals surface area contributed by atoms with Crippen molar-refractivity contribution in [2.75, 3.05) is 25.9 Å². The minimum Gasteiger partial charge on any atom is -0.305 e. The van der Waals surface area contributed by atoms with Crippen LogP contribution in [0.25, 0.3) is 0 Å². The summed E-state index contributed by atoms with van der Waals surface area (Å²) in [6.45, 7) is 2.55. The molecule has 1 saturated carbocycles. The van der Waals surface area contributed by atoms with Crippen LogP contribution in [-0.4, -0.2) is 30.8 Å². The summed E-state index contributed by atoms with van der Waals surface area (Å²) in [5, 5.41) is 0. The lowest BCUT2D eigenvalue weighted by molar-refractivity contribution is 0.227. The number of fused-ring (bicyclic) bond motifs is 1. The highest BCUT2D eigenvalue weighted by atomic mass is 32.2. The summed E-state index contributed by atoms with van der Waals surface area (Å²) in [5.74, 6) is 2.98. The van der Waals surface area contributed by atoms with Gasteiger partial charge in [0.1, 0.15) is 0 Å². The van der Waals surface area contributed by atoms with Crippen LogP contribution in [0.2, 0.25) is 0 Å². The van der Waals surface area contributed by atoms with Gasteiger partial charge in [-0.2, -0.15) is 0 Å². The Labute approximate surface area is 121 Å². The highest BCUT2D eigenvalue weighted by Crippen LogP contribution is 2.39. The van der Waals surface area contributed by atoms with Crippen molar-refractivity contribution < 1.29 is 0 Å². The molecule has 1 heterocycles. The zero-order valence-corrected chi connectivity index (χ0v) is 12.8. The van der Waals surface area contributed by atoms with E-state index in [4.69, 9.17) is 0 Å². The van der Waals surface area contributed by atoms with Gasteiger partial charge in [0.05, 0.1) is 0 Å². The van der Waals surface area contributed by atoms with Gasteiger partial charge in [0.2, 0.25) is 0 Å². The Morgan fingerprint density at radius 3 is 2.74 bits per heavy atom. The number of benzene rings is 1. The number of hydrogen-bond donors (Lipinski definition) is 0. The van der Waals surface area contributed by atoms with E-state index < -0.39 is 0 Å². The molecule has 1 fully saturated rings. The molecule has 2 heteroatoms. The Kier molecular flexibility index (Phi) is 4.49.